The van der Waals surface area contributed by atoms with E-state index < -0.39 is 0 Å². The number of nitrogens with one attached hydrogen (secondary N) is 1. The van der Waals surface area contributed by atoms with E-state index in [2.05, 4.69) is 36.6 Å². The normalized spacial score (nSPS) is 20.6. The molecule has 3 N–H and O–H groups in total. The molecule has 2 rings (SSSR count). The van der Waals surface area contributed by atoms with Crippen molar-refractivity contribution in [3.05, 3.63) is 35.4 Å². The summed E-state index contributed by atoms with van der Waals surface area (Å²) >= 11 is 0. The predicted octanol–water partition coefficient (Wildman–Crippen LogP) is 2.72. The molecule has 3 nitrogen and oxygen atoms in total. The zero-order chi connectivity index (χ0) is 13.5. The van der Waals surface area contributed by atoms with Gasteiger partial charge in [-0.2, -0.15) is 0 Å². The standard InChI is InChI=1S/C16H26N2O/c1-13-4-2-5-14(12-13)7-8-15(18-17)9-10-16-6-3-11-19-16/h2,4-5,12,15-16,18H,3,6-11,17H2,1H3. The Kier molecular flexibility index (Phi) is 5.83. The van der Waals surface area contributed by atoms with Gasteiger partial charge in [-0.05, 0) is 51.0 Å². The lowest BCUT2D eigenvalue weighted by Crippen LogP contribution is -2.36. The van der Waals surface area contributed by atoms with E-state index in [4.69, 9.17) is 10.6 Å². The van der Waals surface area contributed by atoms with E-state index in [1.807, 2.05) is 0 Å². The zero-order valence-corrected chi connectivity index (χ0v) is 11.9. The average Bonchev–Trinajstić information content (AvgIpc) is 2.92. The molecule has 2 unspecified atom stereocenters. The molecule has 1 saturated heterocycles. The number of hydrogen-bond donors (Lipinski definition) is 2. The Labute approximate surface area is 116 Å². The molecule has 0 radical (unpaired) electrons. The molecule has 0 aliphatic carbocycles. The van der Waals surface area contributed by atoms with Gasteiger partial charge in [0.05, 0.1) is 6.10 Å². The summed E-state index contributed by atoms with van der Waals surface area (Å²) in [6.45, 7) is 3.08. The van der Waals surface area contributed by atoms with Crippen LogP contribution in [0.4, 0.5) is 0 Å². The molecule has 0 spiro atoms. The molecule has 19 heavy (non-hydrogen) atoms. The minimum Gasteiger partial charge on any atom is -0.378 e. The molecular formula is C16H26N2O. The highest BCUT2D eigenvalue weighted by molar-refractivity contribution is 5.22. The lowest BCUT2D eigenvalue weighted by molar-refractivity contribution is 0.0993. The molecule has 2 atom stereocenters. The third kappa shape index (κ3) is 4.94. The van der Waals surface area contributed by atoms with Gasteiger partial charge >= 0.3 is 0 Å². The van der Waals surface area contributed by atoms with Crippen LogP contribution in [0.15, 0.2) is 24.3 Å². The van der Waals surface area contributed by atoms with Crippen molar-refractivity contribution in [3.8, 4) is 0 Å². The lowest BCUT2D eigenvalue weighted by atomic mass is 9.99. The van der Waals surface area contributed by atoms with Crippen LogP contribution in [-0.4, -0.2) is 18.8 Å². The van der Waals surface area contributed by atoms with Crippen LogP contribution in [0, 0.1) is 6.92 Å². The summed E-state index contributed by atoms with van der Waals surface area (Å²) in [5.41, 5.74) is 5.68. The molecule has 1 aromatic carbocycles. The molecule has 1 fully saturated rings. The van der Waals surface area contributed by atoms with Crippen LogP contribution in [-0.2, 0) is 11.2 Å². The van der Waals surface area contributed by atoms with E-state index in [0.29, 0.717) is 12.1 Å². The van der Waals surface area contributed by atoms with Gasteiger partial charge in [-0.15, -0.1) is 0 Å². The average molecular weight is 262 g/mol. The van der Waals surface area contributed by atoms with Crippen LogP contribution in [0.5, 0.6) is 0 Å². The first-order valence-electron chi connectivity index (χ1n) is 7.41. The Balaban J connectivity index is 1.72. The summed E-state index contributed by atoms with van der Waals surface area (Å²) < 4.78 is 5.66. The molecular weight excluding hydrogens is 236 g/mol. The van der Waals surface area contributed by atoms with Gasteiger partial charge in [-0.1, -0.05) is 29.8 Å². The van der Waals surface area contributed by atoms with Crippen molar-refractivity contribution in [2.24, 2.45) is 5.84 Å². The first kappa shape index (κ1) is 14.5. The minimum absolute atomic E-state index is 0.393. The van der Waals surface area contributed by atoms with Crippen LogP contribution < -0.4 is 11.3 Å². The van der Waals surface area contributed by atoms with E-state index in [1.165, 1.54) is 24.0 Å². The summed E-state index contributed by atoms with van der Waals surface area (Å²) in [5.74, 6) is 5.66. The Bertz CT molecular complexity index is 375. The quantitative estimate of drug-likeness (QED) is 0.587. The highest BCUT2D eigenvalue weighted by Gasteiger charge is 2.17. The maximum atomic E-state index is 5.66. The van der Waals surface area contributed by atoms with Gasteiger partial charge in [0.25, 0.3) is 0 Å². The number of benzene rings is 1. The van der Waals surface area contributed by atoms with Crippen molar-refractivity contribution in [1.29, 1.82) is 0 Å². The topological polar surface area (TPSA) is 47.3 Å². The van der Waals surface area contributed by atoms with Crippen LogP contribution >= 0.6 is 0 Å². The van der Waals surface area contributed by atoms with Crippen molar-refractivity contribution >= 4 is 0 Å². The smallest absolute Gasteiger partial charge is 0.0576 e. The van der Waals surface area contributed by atoms with Crippen molar-refractivity contribution in [2.45, 2.75) is 57.6 Å². The Hall–Kier alpha value is -0.900. The SMILES string of the molecule is Cc1cccc(CCC(CCC2CCCO2)NN)c1. The Morgan fingerprint density at radius 3 is 3.00 bits per heavy atom. The Morgan fingerprint density at radius 1 is 1.42 bits per heavy atom. The van der Waals surface area contributed by atoms with Crippen LogP contribution in [0.3, 0.4) is 0 Å². The summed E-state index contributed by atoms with van der Waals surface area (Å²) in [4.78, 5) is 0. The van der Waals surface area contributed by atoms with Crippen molar-refractivity contribution in [1.82, 2.24) is 5.43 Å². The second-order valence-corrected chi connectivity index (χ2v) is 5.60. The van der Waals surface area contributed by atoms with Crippen LogP contribution in [0.25, 0.3) is 0 Å². The summed E-state index contributed by atoms with van der Waals surface area (Å²) in [6, 6.07) is 9.11. The fourth-order valence-corrected chi connectivity index (χ4v) is 2.78. The molecule has 1 aliphatic rings. The number of rotatable bonds is 7. The maximum absolute atomic E-state index is 5.66. The maximum Gasteiger partial charge on any atom is 0.0576 e. The molecule has 106 valence electrons. The highest BCUT2D eigenvalue weighted by Crippen LogP contribution is 2.19. The minimum atomic E-state index is 0.393. The van der Waals surface area contributed by atoms with Crippen LogP contribution in [0.2, 0.25) is 0 Å². The second-order valence-electron chi connectivity index (χ2n) is 5.60. The number of aryl methyl sites for hydroxylation is 2. The third-order valence-corrected chi connectivity index (χ3v) is 3.96. The largest absolute Gasteiger partial charge is 0.378 e. The number of nitrogens with two attached hydrogens (primary N) is 1. The molecule has 0 amide bonds. The van der Waals surface area contributed by atoms with Gasteiger partial charge < -0.3 is 4.74 Å². The van der Waals surface area contributed by atoms with Crippen molar-refractivity contribution < 1.29 is 4.74 Å². The van der Waals surface area contributed by atoms with E-state index in [1.54, 1.807) is 0 Å². The van der Waals surface area contributed by atoms with E-state index in [9.17, 15) is 0 Å². The molecule has 0 saturated carbocycles. The van der Waals surface area contributed by atoms with Gasteiger partial charge in [0, 0.05) is 12.6 Å². The van der Waals surface area contributed by atoms with Gasteiger partial charge in [0.1, 0.15) is 0 Å². The van der Waals surface area contributed by atoms with E-state index in [0.717, 1.165) is 32.3 Å². The van der Waals surface area contributed by atoms with Crippen molar-refractivity contribution in [3.63, 3.8) is 0 Å². The van der Waals surface area contributed by atoms with Crippen LogP contribution in [0.1, 0.15) is 43.2 Å². The summed E-state index contributed by atoms with van der Waals surface area (Å²) in [5, 5.41) is 0. The van der Waals surface area contributed by atoms with Crippen molar-refractivity contribution in [2.75, 3.05) is 6.61 Å². The number of ether oxygens (including phenoxy) is 1. The Morgan fingerprint density at radius 2 is 2.32 bits per heavy atom. The lowest BCUT2D eigenvalue weighted by Gasteiger charge is -2.18. The second kappa shape index (κ2) is 7.63. The third-order valence-electron chi connectivity index (χ3n) is 3.96. The fraction of sp³-hybridized carbons (Fsp3) is 0.625. The van der Waals surface area contributed by atoms with Gasteiger partial charge in [-0.25, -0.2) is 0 Å². The monoisotopic (exact) mass is 262 g/mol. The molecule has 1 heterocycles. The first-order chi connectivity index (χ1) is 9.28. The van der Waals surface area contributed by atoms with Gasteiger partial charge in [0.2, 0.25) is 0 Å². The van der Waals surface area contributed by atoms with Gasteiger partial charge in [-0.3, -0.25) is 11.3 Å². The molecule has 3 heteroatoms. The number of hydrazine groups is 1. The van der Waals surface area contributed by atoms with E-state index in [-0.39, 0.29) is 0 Å². The highest BCUT2D eigenvalue weighted by atomic mass is 16.5. The van der Waals surface area contributed by atoms with E-state index >= 15 is 0 Å². The van der Waals surface area contributed by atoms with Gasteiger partial charge in [0.15, 0.2) is 0 Å². The molecule has 1 aliphatic heterocycles. The predicted molar refractivity (Wildman–Crippen MR) is 78.8 cm³/mol. The number of hydrogen-bond acceptors (Lipinski definition) is 3. The zero-order valence-electron chi connectivity index (χ0n) is 11.9. The summed E-state index contributed by atoms with van der Waals surface area (Å²) in [7, 11) is 0. The first-order valence-corrected chi connectivity index (χ1v) is 7.41. The molecule has 0 aromatic heterocycles. The fourth-order valence-electron chi connectivity index (χ4n) is 2.78. The molecule has 1 aromatic rings. The summed E-state index contributed by atoms with van der Waals surface area (Å²) in [6.07, 6.45) is 7.31. The molecule has 0 bridgehead atoms.